The number of carbonyl (C=O) groups is 1. The maximum absolute atomic E-state index is 12.6. The molecule has 3 rings (SSSR count). The molecule has 0 aliphatic carbocycles. The van der Waals surface area contributed by atoms with E-state index in [1.165, 1.54) is 0 Å². The summed E-state index contributed by atoms with van der Waals surface area (Å²) in [6, 6.07) is 6.63. The summed E-state index contributed by atoms with van der Waals surface area (Å²) in [6.07, 6.45) is -2.82. The zero-order chi connectivity index (χ0) is 20.9. The first-order chi connectivity index (χ1) is 13.9. The van der Waals surface area contributed by atoms with Crippen molar-refractivity contribution in [2.24, 2.45) is 0 Å². The van der Waals surface area contributed by atoms with Crippen LogP contribution in [0.3, 0.4) is 0 Å². The summed E-state index contributed by atoms with van der Waals surface area (Å²) in [7, 11) is 0. The number of rotatable bonds is 8. The summed E-state index contributed by atoms with van der Waals surface area (Å²) in [5.41, 5.74) is 1.20. The number of hydrogen-bond acceptors (Lipinski definition) is 6. The van der Waals surface area contributed by atoms with Crippen molar-refractivity contribution in [3.8, 4) is 11.4 Å². The van der Waals surface area contributed by atoms with Crippen LogP contribution in [0, 0.1) is 0 Å². The Kier molecular flexibility index (Phi) is 6.86. The average Bonchev–Trinajstić information content (AvgIpc) is 3.38. The third kappa shape index (κ3) is 5.77. The molecule has 158 valence electrons. The maximum atomic E-state index is 12.6. The molecule has 10 heteroatoms. The maximum Gasteiger partial charge on any atom is 0.471 e. The van der Waals surface area contributed by atoms with Gasteiger partial charge >= 0.3 is 12.1 Å². The molecule has 1 aliphatic heterocycles. The fourth-order valence-electron chi connectivity index (χ4n) is 3.00. The lowest BCUT2D eigenvalue weighted by Gasteiger charge is -2.25. The number of carbonyl (C=O) groups excluding carboxylic acids is 1. The summed E-state index contributed by atoms with van der Waals surface area (Å²) >= 11 is 0. The van der Waals surface area contributed by atoms with Gasteiger partial charge in [0.05, 0.1) is 6.10 Å². The van der Waals surface area contributed by atoms with Gasteiger partial charge in [-0.25, -0.2) is 0 Å². The van der Waals surface area contributed by atoms with Crippen LogP contribution < -0.4 is 0 Å². The topological polar surface area (TPSA) is 77.7 Å². The number of alkyl halides is 3. The Morgan fingerprint density at radius 1 is 1.31 bits per heavy atom. The van der Waals surface area contributed by atoms with Crippen molar-refractivity contribution in [1.29, 1.82) is 0 Å². The molecule has 0 spiro atoms. The third-order valence-electron chi connectivity index (χ3n) is 4.48. The molecule has 2 heterocycles. The van der Waals surface area contributed by atoms with Crippen LogP contribution in [-0.2, 0) is 27.0 Å². The zero-order valence-electron chi connectivity index (χ0n) is 15.9. The quantitative estimate of drug-likeness (QED) is 0.661. The minimum Gasteiger partial charge on any atom is -0.376 e. The van der Waals surface area contributed by atoms with E-state index in [1.54, 1.807) is 29.2 Å². The van der Waals surface area contributed by atoms with Gasteiger partial charge in [0.25, 0.3) is 0 Å². The first-order valence-corrected chi connectivity index (χ1v) is 9.34. The molecular weight excluding hydrogens is 391 g/mol. The Balaban J connectivity index is 1.69. The molecule has 1 atom stereocenters. The van der Waals surface area contributed by atoms with Crippen molar-refractivity contribution in [2.75, 3.05) is 26.4 Å². The molecule has 1 amide bonds. The lowest BCUT2D eigenvalue weighted by molar-refractivity contribution is -0.159. The summed E-state index contributed by atoms with van der Waals surface area (Å²) in [5, 5.41) is 3.37. The summed E-state index contributed by atoms with van der Waals surface area (Å²) in [6.45, 7) is 3.75. The number of ether oxygens (including phenoxy) is 2. The predicted octanol–water partition coefficient (Wildman–Crippen LogP) is 3.30. The lowest BCUT2D eigenvalue weighted by Crippen LogP contribution is -2.39. The predicted molar refractivity (Wildman–Crippen MR) is 95.6 cm³/mol. The number of halogens is 3. The monoisotopic (exact) mass is 413 g/mol. The highest BCUT2D eigenvalue weighted by Crippen LogP contribution is 2.29. The van der Waals surface area contributed by atoms with Crippen LogP contribution >= 0.6 is 0 Å². The van der Waals surface area contributed by atoms with Gasteiger partial charge in [-0.05, 0) is 25.3 Å². The van der Waals surface area contributed by atoms with Crippen molar-refractivity contribution in [1.82, 2.24) is 15.0 Å². The van der Waals surface area contributed by atoms with Crippen molar-refractivity contribution in [3.05, 3.63) is 35.7 Å². The SMILES string of the molecule is CCOCC(=O)N(Cc1ccc(-c2noc(C(F)(F)F)n2)cc1)CC1CCCO1. The van der Waals surface area contributed by atoms with Gasteiger partial charge in [0.2, 0.25) is 11.7 Å². The Bertz CT molecular complexity index is 802. The van der Waals surface area contributed by atoms with E-state index < -0.39 is 12.1 Å². The molecule has 1 saturated heterocycles. The first-order valence-electron chi connectivity index (χ1n) is 9.34. The van der Waals surface area contributed by atoms with Crippen molar-refractivity contribution < 1.29 is 32.0 Å². The van der Waals surface area contributed by atoms with Gasteiger partial charge in [0.1, 0.15) is 6.61 Å². The molecule has 1 aromatic carbocycles. The second kappa shape index (κ2) is 9.36. The molecule has 1 aliphatic rings. The van der Waals surface area contributed by atoms with Crippen molar-refractivity contribution >= 4 is 5.91 Å². The van der Waals surface area contributed by atoms with Gasteiger partial charge in [-0.1, -0.05) is 29.4 Å². The second-order valence-corrected chi connectivity index (χ2v) is 6.66. The number of aromatic nitrogens is 2. The fourth-order valence-corrected chi connectivity index (χ4v) is 3.00. The molecular formula is C19H22F3N3O4. The van der Waals surface area contributed by atoms with Gasteiger partial charge in [-0.3, -0.25) is 4.79 Å². The lowest BCUT2D eigenvalue weighted by atomic mass is 10.1. The highest BCUT2D eigenvalue weighted by Gasteiger charge is 2.38. The van der Waals surface area contributed by atoms with E-state index in [2.05, 4.69) is 14.7 Å². The van der Waals surface area contributed by atoms with Gasteiger partial charge < -0.3 is 18.9 Å². The van der Waals surface area contributed by atoms with E-state index in [0.717, 1.165) is 18.4 Å². The van der Waals surface area contributed by atoms with Gasteiger partial charge in [0.15, 0.2) is 0 Å². The molecule has 1 fully saturated rings. The van der Waals surface area contributed by atoms with Crippen molar-refractivity contribution in [2.45, 2.75) is 38.6 Å². The van der Waals surface area contributed by atoms with E-state index in [0.29, 0.717) is 31.9 Å². The number of nitrogens with zero attached hydrogens (tertiary/aromatic N) is 3. The van der Waals surface area contributed by atoms with E-state index in [1.807, 2.05) is 6.92 Å². The smallest absolute Gasteiger partial charge is 0.376 e. The molecule has 7 nitrogen and oxygen atoms in total. The summed E-state index contributed by atoms with van der Waals surface area (Å²) in [4.78, 5) is 17.5. The number of benzene rings is 1. The number of amides is 1. The van der Waals surface area contributed by atoms with Crippen LogP contribution in [0.5, 0.6) is 0 Å². The summed E-state index contributed by atoms with van der Waals surface area (Å²) < 4.78 is 52.9. The highest BCUT2D eigenvalue weighted by atomic mass is 19.4. The van der Waals surface area contributed by atoms with E-state index in [4.69, 9.17) is 9.47 Å². The van der Waals surface area contributed by atoms with Gasteiger partial charge in [-0.15, -0.1) is 0 Å². The Labute approximate surface area is 165 Å². The molecule has 1 unspecified atom stereocenters. The molecule has 1 aromatic heterocycles. The van der Waals surface area contributed by atoms with E-state index in [9.17, 15) is 18.0 Å². The van der Waals surface area contributed by atoms with Crippen molar-refractivity contribution in [3.63, 3.8) is 0 Å². The second-order valence-electron chi connectivity index (χ2n) is 6.66. The van der Waals surface area contributed by atoms with Gasteiger partial charge in [0, 0.05) is 31.9 Å². The molecule has 0 bridgehead atoms. The van der Waals surface area contributed by atoms with Crippen LogP contribution in [0.4, 0.5) is 13.2 Å². The Hall–Kier alpha value is -2.46. The molecule has 0 radical (unpaired) electrons. The minimum absolute atomic E-state index is 0.0000281. The zero-order valence-corrected chi connectivity index (χ0v) is 15.9. The van der Waals surface area contributed by atoms with Crippen LogP contribution in [-0.4, -0.2) is 53.4 Å². The molecule has 0 N–H and O–H groups in total. The molecule has 29 heavy (non-hydrogen) atoms. The molecule has 2 aromatic rings. The minimum atomic E-state index is -4.69. The highest BCUT2D eigenvalue weighted by molar-refractivity contribution is 5.77. The summed E-state index contributed by atoms with van der Waals surface area (Å²) in [5.74, 6) is -1.67. The number of hydrogen-bond donors (Lipinski definition) is 0. The van der Waals surface area contributed by atoms with Gasteiger partial charge in [-0.2, -0.15) is 18.2 Å². The fraction of sp³-hybridized carbons (Fsp3) is 0.526. The van der Waals surface area contributed by atoms with Crippen LogP contribution in [0.15, 0.2) is 28.8 Å². The van der Waals surface area contributed by atoms with E-state index in [-0.39, 0.29) is 24.4 Å². The normalized spacial score (nSPS) is 16.9. The van der Waals surface area contributed by atoms with Crippen LogP contribution in [0.2, 0.25) is 0 Å². The van der Waals surface area contributed by atoms with Crippen LogP contribution in [0.1, 0.15) is 31.2 Å². The first kappa shape index (κ1) is 21.3. The Morgan fingerprint density at radius 3 is 2.66 bits per heavy atom. The standard InChI is InChI=1S/C19H22F3N3O4/c1-2-27-12-16(26)25(11-15-4-3-9-28-15)10-13-5-7-14(8-6-13)17-23-18(29-24-17)19(20,21)22/h5-8,15H,2-4,9-12H2,1H3. The molecule has 0 saturated carbocycles. The Morgan fingerprint density at radius 2 is 2.07 bits per heavy atom. The average molecular weight is 413 g/mol. The largest absolute Gasteiger partial charge is 0.471 e. The third-order valence-corrected chi connectivity index (χ3v) is 4.48. The van der Waals surface area contributed by atoms with Crippen LogP contribution in [0.25, 0.3) is 11.4 Å². The van der Waals surface area contributed by atoms with E-state index >= 15 is 0 Å².